The number of hydrogen-bond donors (Lipinski definition) is 2. The summed E-state index contributed by atoms with van der Waals surface area (Å²) in [6.45, 7) is 3.40. The summed E-state index contributed by atoms with van der Waals surface area (Å²) in [6, 6.07) is 14.5. The fourth-order valence-electron chi connectivity index (χ4n) is 3.68. The first-order chi connectivity index (χ1) is 16.4. The molecule has 0 saturated carbocycles. The molecular weight excluding hydrogens is 481 g/mol. The Balaban J connectivity index is 1.45. The molecule has 10 nitrogen and oxygen atoms in total. The molecule has 1 amide bonds. The predicted molar refractivity (Wildman–Crippen MR) is 130 cm³/mol. The largest absolute Gasteiger partial charge is 0.355 e. The van der Waals surface area contributed by atoms with Crippen molar-refractivity contribution in [3.63, 3.8) is 0 Å². The van der Waals surface area contributed by atoms with Crippen LogP contribution in [0.25, 0.3) is 0 Å². The average molecular weight is 502 g/mol. The maximum absolute atomic E-state index is 12.5. The minimum atomic E-state index is -0.592. The molecule has 12 heteroatoms. The van der Waals surface area contributed by atoms with Gasteiger partial charge in [0, 0.05) is 37.7 Å². The van der Waals surface area contributed by atoms with Crippen molar-refractivity contribution in [2.45, 2.75) is 6.54 Å². The first kappa shape index (κ1) is 23.7. The minimum absolute atomic E-state index is 0.125. The number of carbonyl (C=O) groups is 1. The summed E-state index contributed by atoms with van der Waals surface area (Å²) in [5.74, 6) is -0.522. The molecule has 0 atom stereocenters. The van der Waals surface area contributed by atoms with E-state index >= 15 is 0 Å². The van der Waals surface area contributed by atoms with Crippen molar-refractivity contribution in [3.8, 4) is 0 Å². The lowest BCUT2D eigenvalue weighted by Gasteiger charge is -2.35. The molecule has 1 fully saturated rings. The highest BCUT2D eigenvalue weighted by Crippen LogP contribution is 2.32. The molecule has 0 unspecified atom stereocenters. The van der Waals surface area contributed by atoms with Crippen molar-refractivity contribution in [3.05, 3.63) is 86.1 Å². The molecule has 1 aliphatic rings. The molecule has 0 spiro atoms. The highest BCUT2D eigenvalue weighted by atomic mass is 35.5. The van der Waals surface area contributed by atoms with Crippen LogP contribution >= 0.6 is 23.2 Å². The van der Waals surface area contributed by atoms with E-state index in [1.54, 1.807) is 0 Å². The fourth-order valence-corrected chi connectivity index (χ4v) is 4.17. The van der Waals surface area contributed by atoms with Crippen LogP contribution in [0.2, 0.25) is 10.0 Å². The molecule has 0 radical (unpaired) electrons. The molecule has 4 rings (SSSR count). The van der Waals surface area contributed by atoms with E-state index in [1.807, 2.05) is 23.1 Å². The second-order valence-corrected chi connectivity index (χ2v) is 8.45. The molecule has 1 aromatic heterocycles. The van der Waals surface area contributed by atoms with Gasteiger partial charge in [-0.05, 0) is 23.8 Å². The van der Waals surface area contributed by atoms with Crippen LogP contribution in [0.4, 0.5) is 17.3 Å². The van der Waals surface area contributed by atoms with Crippen LogP contribution in [0.15, 0.2) is 54.9 Å². The molecule has 2 heterocycles. The van der Waals surface area contributed by atoms with E-state index in [2.05, 4.69) is 37.9 Å². The first-order valence-electron chi connectivity index (χ1n) is 10.4. The molecule has 3 aromatic rings. The average Bonchev–Trinajstić information content (AvgIpc) is 2.83. The van der Waals surface area contributed by atoms with E-state index in [4.69, 9.17) is 23.2 Å². The lowest BCUT2D eigenvalue weighted by molar-refractivity contribution is -0.383. The van der Waals surface area contributed by atoms with E-state index in [0.717, 1.165) is 19.6 Å². The number of nitrogens with one attached hydrogen (secondary N) is 2. The molecule has 2 N–H and O–H groups in total. The second-order valence-electron chi connectivity index (χ2n) is 7.60. The highest BCUT2D eigenvalue weighted by molar-refractivity contribution is 6.36. The van der Waals surface area contributed by atoms with Gasteiger partial charge < -0.3 is 4.90 Å². The maximum atomic E-state index is 12.5. The normalized spacial score (nSPS) is 14.0. The van der Waals surface area contributed by atoms with Gasteiger partial charge in [-0.1, -0.05) is 53.5 Å². The molecule has 0 aliphatic carbocycles. The number of hydrazine groups is 1. The summed E-state index contributed by atoms with van der Waals surface area (Å²) in [7, 11) is 0. The Labute approximate surface area is 205 Å². The van der Waals surface area contributed by atoms with E-state index in [9.17, 15) is 14.9 Å². The van der Waals surface area contributed by atoms with Gasteiger partial charge in [0.1, 0.15) is 6.33 Å². The molecule has 176 valence electrons. The number of carbonyl (C=O) groups excluding carboxylic acids is 1. The third-order valence-corrected chi connectivity index (χ3v) is 5.92. The third kappa shape index (κ3) is 5.53. The van der Waals surface area contributed by atoms with Gasteiger partial charge in [0.25, 0.3) is 5.91 Å². The second kappa shape index (κ2) is 10.6. The van der Waals surface area contributed by atoms with Crippen LogP contribution in [-0.4, -0.2) is 51.9 Å². The Hall–Kier alpha value is -3.47. The topological polar surface area (TPSA) is 117 Å². The van der Waals surface area contributed by atoms with Gasteiger partial charge in [-0.15, -0.1) is 0 Å². The summed E-state index contributed by atoms with van der Waals surface area (Å²) < 4.78 is 0. The number of nitro groups is 1. The Morgan fingerprint density at radius 2 is 1.79 bits per heavy atom. The van der Waals surface area contributed by atoms with Crippen molar-refractivity contribution in [1.82, 2.24) is 20.3 Å². The summed E-state index contributed by atoms with van der Waals surface area (Å²) >= 11 is 11.9. The Kier molecular flexibility index (Phi) is 7.41. The van der Waals surface area contributed by atoms with Gasteiger partial charge in [0.05, 0.1) is 15.5 Å². The van der Waals surface area contributed by atoms with Crippen molar-refractivity contribution >= 4 is 46.4 Å². The summed E-state index contributed by atoms with van der Waals surface area (Å²) in [6.07, 6.45) is 1.22. The van der Waals surface area contributed by atoms with E-state index < -0.39 is 10.8 Å². The Morgan fingerprint density at radius 1 is 1.06 bits per heavy atom. The van der Waals surface area contributed by atoms with Crippen LogP contribution in [0.3, 0.4) is 0 Å². The molecule has 0 bridgehead atoms. The number of aromatic nitrogens is 2. The molecule has 2 aromatic carbocycles. The zero-order chi connectivity index (χ0) is 24.1. The van der Waals surface area contributed by atoms with Crippen molar-refractivity contribution in [1.29, 1.82) is 0 Å². The van der Waals surface area contributed by atoms with E-state index in [1.165, 1.54) is 30.1 Å². The summed E-state index contributed by atoms with van der Waals surface area (Å²) in [5, 5.41) is 12.4. The van der Waals surface area contributed by atoms with E-state index in [-0.39, 0.29) is 27.9 Å². The van der Waals surface area contributed by atoms with Crippen LogP contribution in [0.5, 0.6) is 0 Å². The Morgan fingerprint density at radius 3 is 2.47 bits per heavy atom. The number of benzene rings is 2. The molecular formula is C22H21Cl2N7O3. The Bertz CT molecular complexity index is 1190. The molecule has 1 saturated heterocycles. The maximum Gasteiger partial charge on any atom is 0.355 e. The van der Waals surface area contributed by atoms with Gasteiger partial charge >= 0.3 is 5.69 Å². The minimum Gasteiger partial charge on any atom is -0.348 e. The third-order valence-electron chi connectivity index (χ3n) is 5.38. The smallest absolute Gasteiger partial charge is 0.348 e. The van der Waals surface area contributed by atoms with Crippen molar-refractivity contribution < 1.29 is 9.72 Å². The number of rotatable bonds is 7. The standard InChI is InChI=1S/C22H21Cl2N7O3/c23-16-6-7-17(18(24)12-16)22(32)28-27-20-19(31(33)34)21(26-14-25-20)30-10-8-29(9-11-30)13-15-4-2-1-3-5-15/h1-7,12,14H,8-11,13H2,(H,28,32)(H,25,26,27). The number of nitrogens with zero attached hydrogens (tertiary/aromatic N) is 5. The number of amides is 1. The number of hydrogen-bond acceptors (Lipinski definition) is 8. The molecule has 34 heavy (non-hydrogen) atoms. The first-order valence-corrected chi connectivity index (χ1v) is 11.2. The SMILES string of the molecule is O=C(NNc1ncnc(N2CCN(Cc3ccccc3)CC2)c1[N+](=O)[O-])c1ccc(Cl)cc1Cl. The van der Waals surface area contributed by atoms with Gasteiger partial charge in [-0.25, -0.2) is 9.97 Å². The molecule has 1 aliphatic heterocycles. The fraction of sp³-hybridized carbons (Fsp3) is 0.227. The number of anilines is 2. The zero-order valence-corrected chi connectivity index (χ0v) is 19.5. The monoisotopic (exact) mass is 501 g/mol. The van der Waals surface area contributed by atoms with E-state index in [0.29, 0.717) is 18.1 Å². The predicted octanol–water partition coefficient (Wildman–Crippen LogP) is 3.77. The van der Waals surface area contributed by atoms with Gasteiger partial charge in [0.15, 0.2) is 0 Å². The number of halogens is 2. The van der Waals surface area contributed by atoms with Gasteiger partial charge in [-0.2, -0.15) is 0 Å². The van der Waals surface area contributed by atoms with Crippen LogP contribution in [-0.2, 0) is 6.54 Å². The van der Waals surface area contributed by atoms with Crippen LogP contribution in [0, 0.1) is 10.1 Å². The van der Waals surface area contributed by atoms with Crippen LogP contribution < -0.4 is 15.8 Å². The highest BCUT2D eigenvalue weighted by Gasteiger charge is 2.29. The van der Waals surface area contributed by atoms with Crippen molar-refractivity contribution in [2.75, 3.05) is 36.5 Å². The lowest BCUT2D eigenvalue weighted by atomic mass is 10.2. The van der Waals surface area contributed by atoms with Crippen molar-refractivity contribution in [2.24, 2.45) is 0 Å². The van der Waals surface area contributed by atoms with Crippen LogP contribution in [0.1, 0.15) is 15.9 Å². The zero-order valence-electron chi connectivity index (χ0n) is 17.9. The quantitative estimate of drug-likeness (QED) is 0.371. The van der Waals surface area contributed by atoms with Gasteiger partial charge in [0.2, 0.25) is 11.6 Å². The van der Waals surface area contributed by atoms with Gasteiger partial charge in [-0.3, -0.25) is 30.7 Å². The summed E-state index contributed by atoms with van der Waals surface area (Å²) in [5.41, 5.74) is 5.99. The number of piperazine rings is 1. The summed E-state index contributed by atoms with van der Waals surface area (Å²) in [4.78, 5) is 36.1. The lowest BCUT2D eigenvalue weighted by Crippen LogP contribution is -2.46.